The van der Waals surface area contributed by atoms with Gasteiger partial charge < -0.3 is 10.2 Å². The Morgan fingerprint density at radius 3 is 2.62 bits per heavy atom. The quantitative estimate of drug-likeness (QED) is 0.683. The molecule has 13 heavy (non-hydrogen) atoms. The molecule has 0 radical (unpaired) electrons. The van der Waals surface area contributed by atoms with Crippen molar-refractivity contribution in [1.82, 2.24) is 0 Å². The summed E-state index contributed by atoms with van der Waals surface area (Å²) >= 11 is 0. The van der Waals surface area contributed by atoms with Crippen LogP contribution in [0.15, 0.2) is 0 Å². The van der Waals surface area contributed by atoms with Crippen LogP contribution in [-0.2, 0) is 0 Å². The van der Waals surface area contributed by atoms with E-state index in [0.29, 0.717) is 11.8 Å². The molecular weight excluding hydrogens is 164 g/mol. The van der Waals surface area contributed by atoms with Crippen LogP contribution in [0.5, 0.6) is 0 Å². The van der Waals surface area contributed by atoms with Crippen molar-refractivity contribution in [2.75, 3.05) is 0 Å². The van der Waals surface area contributed by atoms with Crippen LogP contribution in [0.4, 0.5) is 0 Å². The Balaban J connectivity index is 2.01. The number of fused-ring (bicyclic) bond motifs is 1. The molecule has 5 atom stereocenters. The second-order valence-electron chi connectivity index (χ2n) is 4.76. The van der Waals surface area contributed by atoms with E-state index in [1.165, 1.54) is 0 Å². The highest BCUT2D eigenvalue weighted by atomic mass is 16.3. The number of aliphatic hydroxyl groups is 2. The lowest BCUT2D eigenvalue weighted by molar-refractivity contribution is 0.0191. The number of rotatable bonds is 2. The molecule has 0 aromatic carbocycles. The molecule has 2 fully saturated rings. The van der Waals surface area contributed by atoms with Crippen molar-refractivity contribution >= 4 is 0 Å². The maximum Gasteiger partial charge on any atom is 0.0623 e. The van der Waals surface area contributed by atoms with Crippen LogP contribution in [0.2, 0.25) is 0 Å². The van der Waals surface area contributed by atoms with Crippen molar-refractivity contribution in [2.24, 2.45) is 17.8 Å². The minimum Gasteiger partial charge on any atom is -0.393 e. The van der Waals surface area contributed by atoms with Crippen molar-refractivity contribution in [3.63, 3.8) is 0 Å². The fraction of sp³-hybridized carbons (Fsp3) is 1.00. The van der Waals surface area contributed by atoms with Gasteiger partial charge in [-0.25, -0.2) is 0 Å². The molecule has 2 N–H and O–H groups in total. The summed E-state index contributed by atoms with van der Waals surface area (Å²) < 4.78 is 0. The third kappa shape index (κ3) is 1.50. The molecule has 0 bridgehead atoms. The minimum atomic E-state index is -0.221. The van der Waals surface area contributed by atoms with E-state index in [-0.39, 0.29) is 18.1 Å². The van der Waals surface area contributed by atoms with Gasteiger partial charge in [0.2, 0.25) is 0 Å². The molecule has 0 aromatic heterocycles. The van der Waals surface area contributed by atoms with Gasteiger partial charge in [-0.2, -0.15) is 0 Å². The van der Waals surface area contributed by atoms with Crippen LogP contribution in [-0.4, -0.2) is 22.4 Å². The number of aliphatic hydroxyl groups excluding tert-OH is 2. The highest BCUT2D eigenvalue weighted by Gasteiger charge is 2.48. The zero-order valence-electron chi connectivity index (χ0n) is 8.32. The molecule has 2 aliphatic rings. The molecule has 0 amide bonds. The van der Waals surface area contributed by atoms with Crippen LogP contribution < -0.4 is 0 Å². The predicted octanol–water partition coefficient (Wildman–Crippen LogP) is 1.55. The first-order valence-electron chi connectivity index (χ1n) is 5.60. The molecular formula is C11H20O2. The maximum absolute atomic E-state index is 10.0. The van der Waals surface area contributed by atoms with Crippen molar-refractivity contribution < 1.29 is 10.2 Å². The summed E-state index contributed by atoms with van der Waals surface area (Å²) in [6.45, 7) is 2.16. The molecule has 2 nitrogen and oxygen atoms in total. The van der Waals surface area contributed by atoms with Gasteiger partial charge in [-0.1, -0.05) is 13.3 Å². The van der Waals surface area contributed by atoms with Gasteiger partial charge in [0.15, 0.2) is 0 Å². The van der Waals surface area contributed by atoms with Gasteiger partial charge in [0.05, 0.1) is 12.2 Å². The van der Waals surface area contributed by atoms with Crippen molar-refractivity contribution in [2.45, 2.75) is 51.2 Å². The van der Waals surface area contributed by atoms with Crippen LogP contribution >= 0.6 is 0 Å². The zero-order valence-corrected chi connectivity index (χ0v) is 8.32. The average molecular weight is 184 g/mol. The summed E-state index contributed by atoms with van der Waals surface area (Å²) in [7, 11) is 0. The average Bonchev–Trinajstić information content (AvgIpc) is 2.58. The third-order valence-corrected chi connectivity index (χ3v) is 3.96. The molecule has 0 aromatic rings. The third-order valence-electron chi connectivity index (χ3n) is 3.96. The second kappa shape index (κ2) is 3.58. The monoisotopic (exact) mass is 184 g/mol. The van der Waals surface area contributed by atoms with Crippen LogP contribution in [0.25, 0.3) is 0 Å². The van der Waals surface area contributed by atoms with Gasteiger partial charge >= 0.3 is 0 Å². The lowest BCUT2D eigenvalue weighted by Gasteiger charge is -2.20. The summed E-state index contributed by atoms with van der Waals surface area (Å²) in [5.41, 5.74) is 0. The van der Waals surface area contributed by atoms with E-state index in [1.54, 1.807) is 0 Å². The first-order valence-corrected chi connectivity index (χ1v) is 5.60. The highest BCUT2D eigenvalue weighted by Crippen LogP contribution is 2.48. The summed E-state index contributed by atoms with van der Waals surface area (Å²) in [5, 5.41) is 19.7. The van der Waals surface area contributed by atoms with Crippen molar-refractivity contribution in [3.8, 4) is 0 Å². The van der Waals surface area contributed by atoms with Gasteiger partial charge in [-0.15, -0.1) is 0 Å². The highest BCUT2D eigenvalue weighted by molar-refractivity contribution is 4.98. The molecule has 2 heteroatoms. The Bertz CT molecular complexity index is 181. The standard InChI is InChI=1S/C11H20O2/c1-2-3-8-6-7-4-5-9(12)10(7)11(8)13/h7-13H,2-6H2,1H3. The topological polar surface area (TPSA) is 40.5 Å². The smallest absolute Gasteiger partial charge is 0.0623 e. The van der Waals surface area contributed by atoms with E-state index < -0.39 is 0 Å². The number of hydrogen-bond acceptors (Lipinski definition) is 2. The molecule has 0 spiro atoms. The van der Waals surface area contributed by atoms with E-state index in [0.717, 1.165) is 32.1 Å². The largest absolute Gasteiger partial charge is 0.393 e. The van der Waals surface area contributed by atoms with E-state index in [4.69, 9.17) is 0 Å². The Kier molecular flexibility index (Phi) is 2.61. The lowest BCUT2D eigenvalue weighted by atomic mass is 9.94. The first kappa shape index (κ1) is 9.47. The Labute approximate surface area is 80.0 Å². The molecule has 2 saturated carbocycles. The zero-order chi connectivity index (χ0) is 9.42. The second-order valence-corrected chi connectivity index (χ2v) is 4.76. The van der Waals surface area contributed by atoms with Gasteiger partial charge in [0.25, 0.3) is 0 Å². The van der Waals surface area contributed by atoms with Crippen LogP contribution in [0, 0.1) is 17.8 Å². The van der Waals surface area contributed by atoms with Crippen molar-refractivity contribution in [3.05, 3.63) is 0 Å². The fourth-order valence-electron chi connectivity index (χ4n) is 3.37. The Morgan fingerprint density at radius 2 is 2.00 bits per heavy atom. The lowest BCUT2D eigenvalue weighted by Crippen LogP contribution is -2.29. The van der Waals surface area contributed by atoms with Gasteiger partial charge in [-0.05, 0) is 37.5 Å². The van der Waals surface area contributed by atoms with E-state index >= 15 is 0 Å². The van der Waals surface area contributed by atoms with Gasteiger partial charge in [0.1, 0.15) is 0 Å². The van der Waals surface area contributed by atoms with Crippen molar-refractivity contribution in [1.29, 1.82) is 0 Å². The normalized spacial score (nSPS) is 49.6. The molecule has 0 heterocycles. The summed E-state index contributed by atoms with van der Waals surface area (Å²) in [5.74, 6) is 1.29. The van der Waals surface area contributed by atoms with E-state index in [2.05, 4.69) is 6.92 Å². The Morgan fingerprint density at radius 1 is 1.23 bits per heavy atom. The van der Waals surface area contributed by atoms with Gasteiger partial charge in [-0.3, -0.25) is 0 Å². The fourth-order valence-corrected chi connectivity index (χ4v) is 3.37. The molecule has 0 saturated heterocycles. The molecule has 2 aliphatic carbocycles. The molecule has 2 rings (SSSR count). The number of hydrogen-bond donors (Lipinski definition) is 2. The maximum atomic E-state index is 10.0. The summed E-state index contributed by atoms with van der Waals surface area (Å²) in [4.78, 5) is 0. The van der Waals surface area contributed by atoms with E-state index in [9.17, 15) is 10.2 Å². The van der Waals surface area contributed by atoms with Crippen LogP contribution in [0.1, 0.15) is 39.0 Å². The summed E-state index contributed by atoms with van der Waals surface area (Å²) in [6.07, 6.45) is 5.02. The van der Waals surface area contributed by atoms with E-state index in [1.807, 2.05) is 0 Å². The Hall–Kier alpha value is -0.0800. The first-order chi connectivity index (χ1) is 6.24. The summed E-state index contributed by atoms with van der Waals surface area (Å²) in [6, 6.07) is 0. The van der Waals surface area contributed by atoms with Gasteiger partial charge in [0, 0.05) is 5.92 Å². The predicted molar refractivity (Wildman–Crippen MR) is 51.2 cm³/mol. The molecule has 5 unspecified atom stereocenters. The minimum absolute atomic E-state index is 0.205. The molecule has 76 valence electrons. The van der Waals surface area contributed by atoms with Crippen LogP contribution in [0.3, 0.4) is 0 Å². The SMILES string of the molecule is CCCC1CC2CCC(O)C2C1O. The molecule has 0 aliphatic heterocycles.